The van der Waals surface area contributed by atoms with Crippen molar-refractivity contribution in [3.05, 3.63) is 0 Å². The molecule has 1 rings (SSSR count). The van der Waals surface area contributed by atoms with E-state index in [1.807, 2.05) is 0 Å². The van der Waals surface area contributed by atoms with Crippen molar-refractivity contribution in [3.8, 4) is 0 Å². The lowest BCUT2D eigenvalue weighted by Crippen LogP contribution is -2.48. The quantitative estimate of drug-likeness (QED) is 0.605. The molecule has 0 bridgehead atoms. The summed E-state index contributed by atoms with van der Waals surface area (Å²) in [6.07, 6.45) is 0.171. The molecular formula is C8H14FNO2. The second-order valence-corrected chi connectivity index (χ2v) is 3.29. The van der Waals surface area contributed by atoms with Gasteiger partial charge in [0.05, 0.1) is 0 Å². The number of carbonyl (C=O) groups is 1. The van der Waals surface area contributed by atoms with E-state index >= 15 is 0 Å². The third-order valence-electron chi connectivity index (χ3n) is 2.39. The fraction of sp³-hybridized carbons (Fsp3) is 0.875. The van der Waals surface area contributed by atoms with Crippen LogP contribution in [-0.4, -0.2) is 29.8 Å². The van der Waals surface area contributed by atoms with Crippen molar-refractivity contribution in [2.45, 2.75) is 37.5 Å². The second-order valence-electron chi connectivity index (χ2n) is 3.29. The van der Waals surface area contributed by atoms with Gasteiger partial charge in [0.25, 0.3) is 5.91 Å². The van der Waals surface area contributed by atoms with Gasteiger partial charge in [-0.05, 0) is 25.7 Å². The monoisotopic (exact) mass is 175 g/mol. The van der Waals surface area contributed by atoms with Crippen LogP contribution >= 0.6 is 0 Å². The van der Waals surface area contributed by atoms with E-state index in [-0.39, 0.29) is 25.7 Å². The lowest BCUT2D eigenvalue weighted by Gasteiger charge is -2.31. The number of carbonyl (C=O) groups excluding carboxylic acids is 1. The molecule has 0 radical (unpaired) electrons. The first-order valence-electron chi connectivity index (χ1n) is 4.17. The van der Waals surface area contributed by atoms with Gasteiger partial charge in [-0.2, -0.15) is 0 Å². The Labute approximate surface area is 71.0 Å². The average molecular weight is 175 g/mol. The van der Waals surface area contributed by atoms with Gasteiger partial charge < -0.3 is 10.4 Å². The molecule has 0 atom stereocenters. The van der Waals surface area contributed by atoms with Crippen LogP contribution in [0.25, 0.3) is 0 Å². The van der Waals surface area contributed by atoms with Crippen molar-refractivity contribution in [3.63, 3.8) is 0 Å². The molecule has 0 aliphatic heterocycles. The van der Waals surface area contributed by atoms with Gasteiger partial charge >= 0.3 is 0 Å². The van der Waals surface area contributed by atoms with E-state index in [1.165, 1.54) is 7.05 Å². The molecule has 12 heavy (non-hydrogen) atoms. The molecule has 1 amide bonds. The predicted molar refractivity (Wildman–Crippen MR) is 42.4 cm³/mol. The van der Waals surface area contributed by atoms with Crippen molar-refractivity contribution in [2.75, 3.05) is 7.05 Å². The lowest BCUT2D eigenvalue weighted by atomic mass is 9.83. The van der Waals surface area contributed by atoms with Crippen molar-refractivity contribution in [2.24, 2.45) is 0 Å². The van der Waals surface area contributed by atoms with Gasteiger partial charge in [0.1, 0.15) is 11.8 Å². The van der Waals surface area contributed by atoms with Crippen molar-refractivity contribution < 1.29 is 14.3 Å². The Morgan fingerprint density at radius 2 is 2.08 bits per heavy atom. The first-order valence-corrected chi connectivity index (χ1v) is 4.17. The fourth-order valence-corrected chi connectivity index (χ4v) is 1.52. The number of halogens is 1. The summed E-state index contributed by atoms with van der Waals surface area (Å²) in [6.45, 7) is 0. The molecule has 0 aromatic carbocycles. The van der Waals surface area contributed by atoms with Crippen LogP contribution in [-0.2, 0) is 4.79 Å². The van der Waals surface area contributed by atoms with Gasteiger partial charge in [0.15, 0.2) is 0 Å². The summed E-state index contributed by atoms with van der Waals surface area (Å²) in [4.78, 5) is 11.1. The maximum atomic E-state index is 12.7. The van der Waals surface area contributed by atoms with E-state index in [0.29, 0.717) is 0 Å². The number of alkyl halides is 1. The van der Waals surface area contributed by atoms with Gasteiger partial charge in [-0.3, -0.25) is 4.79 Å². The zero-order chi connectivity index (χ0) is 9.19. The first kappa shape index (κ1) is 9.45. The van der Waals surface area contributed by atoms with E-state index in [2.05, 4.69) is 5.32 Å². The Balaban J connectivity index is 2.55. The SMILES string of the molecule is CNC(=O)C1(O)CCC(F)CC1. The summed E-state index contributed by atoms with van der Waals surface area (Å²) in [6, 6.07) is 0. The van der Waals surface area contributed by atoms with Gasteiger partial charge in [-0.1, -0.05) is 0 Å². The standard InChI is InChI=1S/C8H14FNO2/c1-10-7(11)8(12)4-2-6(9)3-5-8/h6,12H,2-5H2,1H3,(H,10,11). The van der Waals surface area contributed by atoms with Crippen LogP contribution in [0.4, 0.5) is 4.39 Å². The number of hydrogen-bond acceptors (Lipinski definition) is 2. The average Bonchev–Trinajstić information content (AvgIpc) is 2.09. The summed E-state index contributed by atoms with van der Waals surface area (Å²) in [5, 5.41) is 12.1. The van der Waals surface area contributed by atoms with E-state index in [1.54, 1.807) is 0 Å². The Morgan fingerprint density at radius 3 is 2.50 bits per heavy atom. The van der Waals surface area contributed by atoms with Crippen LogP contribution in [0.2, 0.25) is 0 Å². The molecule has 0 aromatic heterocycles. The molecule has 1 saturated carbocycles. The van der Waals surface area contributed by atoms with Gasteiger partial charge in [0.2, 0.25) is 0 Å². The minimum Gasteiger partial charge on any atom is -0.380 e. The molecule has 70 valence electrons. The van der Waals surface area contributed by atoms with Gasteiger partial charge in [-0.15, -0.1) is 0 Å². The molecule has 4 heteroatoms. The highest BCUT2D eigenvalue weighted by Crippen LogP contribution is 2.29. The highest BCUT2D eigenvalue weighted by Gasteiger charge is 2.39. The van der Waals surface area contributed by atoms with E-state index in [4.69, 9.17) is 0 Å². The first-order chi connectivity index (χ1) is 5.58. The van der Waals surface area contributed by atoms with Crippen LogP contribution in [0.5, 0.6) is 0 Å². The molecule has 0 saturated heterocycles. The predicted octanol–water partition coefficient (Wildman–Crippen LogP) is 0.376. The van der Waals surface area contributed by atoms with E-state index in [0.717, 1.165) is 0 Å². The number of hydrogen-bond donors (Lipinski definition) is 2. The summed E-state index contributed by atoms with van der Waals surface area (Å²) in [5.41, 5.74) is -1.32. The minimum absolute atomic E-state index is 0.230. The van der Waals surface area contributed by atoms with Crippen molar-refractivity contribution >= 4 is 5.91 Å². The molecule has 1 aliphatic carbocycles. The number of amides is 1. The van der Waals surface area contributed by atoms with Crippen molar-refractivity contribution in [1.82, 2.24) is 5.32 Å². The largest absolute Gasteiger partial charge is 0.380 e. The lowest BCUT2D eigenvalue weighted by molar-refractivity contribution is -0.143. The van der Waals surface area contributed by atoms with Crippen LogP contribution in [0.3, 0.4) is 0 Å². The maximum Gasteiger partial charge on any atom is 0.251 e. The zero-order valence-corrected chi connectivity index (χ0v) is 7.14. The molecule has 3 nitrogen and oxygen atoms in total. The van der Waals surface area contributed by atoms with Crippen LogP contribution in [0, 0.1) is 0 Å². The third-order valence-corrected chi connectivity index (χ3v) is 2.39. The molecule has 2 N–H and O–H groups in total. The van der Waals surface area contributed by atoms with Crippen molar-refractivity contribution in [1.29, 1.82) is 0 Å². The highest BCUT2D eigenvalue weighted by atomic mass is 19.1. The van der Waals surface area contributed by atoms with Crippen LogP contribution < -0.4 is 5.32 Å². The molecule has 0 heterocycles. The van der Waals surface area contributed by atoms with Gasteiger partial charge in [-0.25, -0.2) is 4.39 Å². The number of nitrogens with one attached hydrogen (secondary N) is 1. The number of rotatable bonds is 1. The van der Waals surface area contributed by atoms with E-state index in [9.17, 15) is 14.3 Å². The topological polar surface area (TPSA) is 49.3 Å². The Morgan fingerprint density at radius 1 is 1.58 bits per heavy atom. The zero-order valence-electron chi connectivity index (χ0n) is 7.14. The molecule has 1 fully saturated rings. The summed E-state index contributed by atoms with van der Waals surface area (Å²) >= 11 is 0. The Bertz CT molecular complexity index is 176. The summed E-state index contributed by atoms with van der Waals surface area (Å²) in [5.74, 6) is -0.394. The molecular weight excluding hydrogens is 161 g/mol. The van der Waals surface area contributed by atoms with E-state index < -0.39 is 17.7 Å². The second kappa shape index (κ2) is 3.39. The molecule has 0 unspecified atom stereocenters. The molecule has 0 aromatic rings. The highest BCUT2D eigenvalue weighted by molar-refractivity contribution is 5.84. The summed E-state index contributed by atoms with van der Waals surface area (Å²) < 4.78 is 12.7. The Hall–Kier alpha value is -0.640. The third kappa shape index (κ3) is 1.75. The smallest absolute Gasteiger partial charge is 0.251 e. The normalized spacial score (nSPS) is 36.1. The Kier molecular flexibility index (Phi) is 2.67. The fourth-order valence-electron chi connectivity index (χ4n) is 1.52. The molecule has 0 spiro atoms. The summed E-state index contributed by atoms with van der Waals surface area (Å²) in [7, 11) is 1.47. The maximum absolute atomic E-state index is 12.7. The van der Waals surface area contributed by atoms with Crippen LogP contribution in [0.15, 0.2) is 0 Å². The van der Waals surface area contributed by atoms with Crippen LogP contribution in [0.1, 0.15) is 25.7 Å². The number of likely N-dealkylation sites (N-methyl/N-ethyl adjacent to an activating group) is 1. The van der Waals surface area contributed by atoms with Gasteiger partial charge in [0, 0.05) is 7.05 Å². The molecule has 1 aliphatic rings. The number of aliphatic hydroxyl groups is 1. The minimum atomic E-state index is -1.32.